The summed E-state index contributed by atoms with van der Waals surface area (Å²) in [5.41, 5.74) is 3.56. The van der Waals surface area contributed by atoms with Crippen molar-refractivity contribution in [3.8, 4) is 0 Å². The second kappa shape index (κ2) is 9.84. The van der Waals surface area contributed by atoms with Crippen LogP contribution in [0.15, 0.2) is 36.4 Å². The van der Waals surface area contributed by atoms with Crippen molar-refractivity contribution >= 4 is 45.9 Å². The molecule has 2 heterocycles. The maximum Gasteiger partial charge on any atom is 0.391 e. The molecule has 0 saturated carbocycles. The molecule has 10 heteroatoms. The average molecular weight is 522 g/mol. The summed E-state index contributed by atoms with van der Waals surface area (Å²) in [4.78, 5) is 18.9. The Balaban J connectivity index is 1.50. The van der Waals surface area contributed by atoms with E-state index in [0.717, 1.165) is 22.3 Å². The summed E-state index contributed by atoms with van der Waals surface area (Å²) in [7, 11) is 1.88. The van der Waals surface area contributed by atoms with E-state index < -0.39 is 17.5 Å². The van der Waals surface area contributed by atoms with Gasteiger partial charge in [0, 0.05) is 37.8 Å². The standard InChI is InChI=1S/C26H31ClF3N5O/c1-25(2,3)23(36)31-15-16-5-7-19(27)20(13-16)32-24-33-21-14-18(6-8-22(21)34(24)4)35-11-9-17(10-12-35)26(28,29)30/h5-8,13-14,17H,9-12,15H2,1-4H3,(H,31,36)(H,32,33). The van der Waals surface area contributed by atoms with Crippen LogP contribution < -0.4 is 15.5 Å². The number of hydrogen-bond acceptors (Lipinski definition) is 4. The molecule has 0 bridgehead atoms. The monoisotopic (exact) mass is 521 g/mol. The van der Waals surface area contributed by atoms with Crippen LogP contribution in [-0.4, -0.2) is 34.7 Å². The number of carbonyl (C=O) groups is 1. The first-order valence-corrected chi connectivity index (χ1v) is 12.3. The third-order valence-electron chi connectivity index (χ3n) is 6.60. The fourth-order valence-corrected chi connectivity index (χ4v) is 4.47. The number of nitrogens with one attached hydrogen (secondary N) is 2. The zero-order valence-corrected chi connectivity index (χ0v) is 21.6. The molecule has 0 unspecified atom stereocenters. The molecule has 4 rings (SSSR count). The van der Waals surface area contributed by atoms with Gasteiger partial charge in [-0.15, -0.1) is 0 Å². The predicted octanol–water partition coefficient (Wildman–Crippen LogP) is 6.41. The van der Waals surface area contributed by atoms with Gasteiger partial charge in [-0.2, -0.15) is 13.2 Å². The molecule has 1 aliphatic heterocycles. The third-order valence-corrected chi connectivity index (χ3v) is 6.93. The van der Waals surface area contributed by atoms with Crippen molar-refractivity contribution in [2.24, 2.45) is 18.4 Å². The van der Waals surface area contributed by atoms with Gasteiger partial charge >= 0.3 is 6.18 Å². The van der Waals surface area contributed by atoms with Gasteiger partial charge in [0.05, 0.1) is 27.7 Å². The van der Waals surface area contributed by atoms with Crippen LogP contribution in [-0.2, 0) is 18.4 Å². The van der Waals surface area contributed by atoms with Crippen molar-refractivity contribution in [3.63, 3.8) is 0 Å². The number of aryl methyl sites for hydroxylation is 1. The van der Waals surface area contributed by atoms with Crippen LogP contribution in [0.2, 0.25) is 5.02 Å². The van der Waals surface area contributed by atoms with Crippen LogP contribution in [0.4, 0.5) is 30.5 Å². The average Bonchev–Trinajstić information content (AvgIpc) is 3.12. The molecule has 194 valence electrons. The number of fused-ring (bicyclic) bond motifs is 1. The van der Waals surface area contributed by atoms with E-state index in [1.54, 1.807) is 6.07 Å². The summed E-state index contributed by atoms with van der Waals surface area (Å²) in [6.45, 7) is 6.68. The largest absolute Gasteiger partial charge is 0.391 e. The van der Waals surface area contributed by atoms with Crippen molar-refractivity contribution in [2.45, 2.75) is 46.3 Å². The van der Waals surface area contributed by atoms with Crippen LogP contribution in [0.1, 0.15) is 39.2 Å². The Morgan fingerprint density at radius 3 is 2.44 bits per heavy atom. The van der Waals surface area contributed by atoms with Crippen molar-refractivity contribution in [1.82, 2.24) is 14.9 Å². The zero-order chi connectivity index (χ0) is 26.3. The molecule has 0 radical (unpaired) electrons. The summed E-state index contributed by atoms with van der Waals surface area (Å²) in [6.07, 6.45) is -3.93. The molecule has 1 aliphatic rings. The summed E-state index contributed by atoms with van der Waals surface area (Å²) >= 11 is 6.43. The Bertz CT molecular complexity index is 1260. The minimum Gasteiger partial charge on any atom is -0.371 e. The Morgan fingerprint density at radius 1 is 1.11 bits per heavy atom. The molecule has 0 aliphatic carbocycles. The molecular weight excluding hydrogens is 491 g/mol. The van der Waals surface area contributed by atoms with E-state index >= 15 is 0 Å². The number of aromatic nitrogens is 2. The van der Waals surface area contributed by atoms with Gasteiger partial charge in [0.1, 0.15) is 0 Å². The third kappa shape index (κ3) is 5.72. The molecule has 1 fully saturated rings. The second-order valence-electron chi connectivity index (χ2n) is 10.3. The minimum atomic E-state index is -4.13. The number of nitrogens with zero attached hydrogens (tertiary/aromatic N) is 3. The molecule has 1 saturated heterocycles. The molecule has 36 heavy (non-hydrogen) atoms. The molecule has 6 nitrogen and oxygen atoms in total. The summed E-state index contributed by atoms with van der Waals surface area (Å²) in [6, 6.07) is 11.3. The van der Waals surface area contributed by atoms with Crippen LogP contribution in [0.25, 0.3) is 11.0 Å². The Hall–Kier alpha value is -2.94. The van der Waals surface area contributed by atoms with E-state index in [1.807, 2.05) is 67.6 Å². The van der Waals surface area contributed by atoms with E-state index in [1.165, 1.54) is 0 Å². The van der Waals surface area contributed by atoms with Gasteiger partial charge in [0.2, 0.25) is 11.9 Å². The van der Waals surface area contributed by atoms with Crippen molar-refractivity contribution < 1.29 is 18.0 Å². The highest BCUT2D eigenvalue weighted by Crippen LogP contribution is 2.36. The number of piperidine rings is 1. The quantitative estimate of drug-likeness (QED) is 0.407. The maximum atomic E-state index is 13.0. The second-order valence-corrected chi connectivity index (χ2v) is 10.7. The number of benzene rings is 2. The fraction of sp³-hybridized carbons (Fsp3) is 0.462. The Kier molecular flexibility index (Phi) is 7.14. The molecule has 0 atom stereocenters. The van der Waals surface area contributed by atoms with E-state index in [2.05, 4.69) is 10.6 Å². The summed E-state index contributed by atoms with van der Waals surface area (Å²) < 4.78 is 41.0. The van der Waals surface area contributed by atoms with E-state index in [9.17, 15) is 18.0 Å². The Morgan fingerprint density at radius 2 is 1.81 bits per heavy atom. The molecule has 3 aromatic rings. The predicted molar refractivity (Wildman–Crippen MR) is 138 cm³/mol. The highest BCUT2D eigenvalue weighted by atomic mass is 35.5. The number of alkyl halides is 3. The van der Waals surface area contributed by atoms with Crippen molar-refractivity contribution in [1.29, 1.82) is 0 Å². The van der Waals surface area contributed by atoms with Gasteiger partial charge in [0.15, 0.2) is 0 Å². The number of amides is 1. The fourth-order valence-electron chi connectivity index (χ4n) is 4.31. The minimum absolute atomic E-state index is 0.0410. The van der Waals surface area contributed by atoms with Crippen LogP contribution in [0.3, 0.4) is 0 Å². The van der Waals surface area contributed by atoms with E-state index in [4.69, 9.17) is 16.6 Å². The molecule has 1 amide bonds. The lowest BCUT2D eigenvalue weighted by molar-refractivity contribution is -0.179. The lowest BCUT2D eigenvalue weighted by Gasteiger charge is -2.34. The number of anilines is 3. The lowest BCUT2D eigenvalue weighted by Crippen LogP contribution is -2.38. The van der Waals surface area contributed by atoms with Crippen LogP contribution >= 0.6 is 11.6 Å². The molecule has 0 spiro atoms. The first-order chi connectivity index (χ1) is 16.8. The Labute approximate surface area is 213 Å². The SMILES string of the molecule is Cn1c(Nc2cc(CNC(=O)C(C)(C)C)ccc2Cl)nc2cc(N3CCC(C(F)(F)F)CC3)ccc21. The number of hydrogen-bond donors (Lipinski definition) is 2. The van der Waals surface area contributed by atoms with Crippen LogP contribution in [0, 0.1) is 11.3 Å². The van der Waals surface area contributed by atoms with Gasteiger partial charge < -0.3 is 20.1 Å². The molecule has 2 aromatic carbocycles. The van der Waals surface area contributed by atoms with Crippen molar-refractivity contribution in [2.75, 3.05) is 23.3 Å². The van der Waals surface area contributed by atoms with E-state index in [-0.39, 0.29) is 18.7 Å². The zero-order valence-electron chi connectivity index (χ0n) is 20.8. The number of halogens is 4. The molecule has 2 N–H and O–H groups in total. The van der Waals surface area contributed by atoms with E-state index in [0.29, 0.717) is 36.3 Å². The van der Waals surface area contributed by atoms with Gasteiger partial charge in [-0.1, -0.05) is 38.4 Å². The maximum absolute atomic E-state index is 13.0. The first-order valence-electron chi connectivity index (χ1n) is 11.9. The number of carbonyl (C=O) groups excluding carboxylic acids is 1. The van der Waals surface area contributed by atoms with Gasteiger partial charge in [-0.25, -0.2) is 4.98 Å². The van der Waals surface area contributed by atoms with Gasteiger partial charge in [-0.05, 0) is 48.7 Å². The smallest absolute Gasteiger partial charge is 0.371 e. The van der Waals surface area contributed by atoms with Gasteiger partial charge in [0.25, 0.3) is 0 Å². The number of rotatable bonds is 5. The summed E-state index contributed by atoms with van der Waals surface area (Å²) in [5.74, 6) is -0.693. The highest BCUT2D eigenvalue weighted by molar-refractivity contribution is 6.33. The highest BCUT2D eigenvalue weighted by Gasteiger charge is 2.41. The number of imidazole rings is 1. The van der Waals surface area contributed by atoms with Crippen LogP contribution in [0.5, 0.6) is 0 Å². The first kappa shape index (κ1) is 26.1. The summed E-state index contributed by atoms with van der Waals surface area (Å²) in [5, 5.41) is 6.73. The topological polar surface area (TPSA) is 62.2 Å². The molecular formula is C26H31ClF3N5O. The lowest BCUT2D eigenvalue weighted by atomic mass is 9.95. The van der Waals surface area contributed by atoms with Gasteiger partial charge in [-0.3, -0.25) is 4.79 Å². The normalized spacial score (nSPS) is 15.4. The van der Waals surface area contributed by atoms with Crippen molar-refractivity contribution in [3.05, 3.63) is 47.0 Å². The molecule has 1 aromatic heterocycles.